The third-order valence-electron chi connectivity index (χ3n) is 2.89. The summed E-state index contributed by atoms with van der Waals surface area (Å²) in [4.78, 5) is 36.1. The molecule has 7 heteroatoms. The Morgan fingerprint density at radius 2 is 2.12 bits per heavy atom. The summed E-state index contributed by atoms with van der Waals surface area (Å²) < 4.78 is 0. The Labute approximate surface area is 92.0 Å². The van der Waals surface area contributed by atoms with Crippen molar-refractivity contribution in [3.63, 3.8) is 0 Å². The molecule has 2 aliphatic rings. The second-order valence-corrected chi connectivity index (χ2v) is 3.87. The third-order valence-corrected chi connectivity index (χ3v) is 2.89. The van der Waals surface area contributed by atoms with Gasteiger partial charge in [-0.05, 0) is 19.3 Å². The van der Waals surface area contributed by atoms with E-state index in [9.17, 15) is 14.4 Å². The summed E-state index contributed by atoms with van der Waals surface area (Å²) in [7, 11) is 0. The highest BCUT2D eigenvalue weighted by Crippen LogP contribution is 2.22. The van der Waals surface area contributed by atoms with E-state index < -0.39 is 18.3 Å². The fraction of sp³-hybridized carbons (Fsp3) is 0.667. The molecule has 2 N–H and O–H groups in total. The lowest BCUT2D eigenvalue weighted by atomic mass is 10.1. The van der Waals surface area contributed by atoms with E-state index in [1.54, 1.807) is 0 Å². The van der Waals surface area contributed by atoms with Crippen LogP contribution >= 0.6 is 0 Å². The van der Waals surface area contributed by atoms with Crippen molar-refractivity contribution in [1.82, 2.24) is 15.1 Å². The van der Waals surface area contributed by atoms with E-state index in [2.05, 4.69) is 5.32 Å². The highest BCUT2D eigenvalue weighted by atomic mass is 16.4. The molecule has 2 aliphatic heterocycles. The normalized spacial score (nSPS) is 25.9. The molecule has 0 spiro atoms. The molecule has 88 valence electrons. The quantitative estimate of drug-likeness (QED) is 0.618. The molecule has 1 unspecified atom stereocenters. The van der Waals surface area contributed by atoms with Crippen molar-refractivity contribution in [2.75, 3.05) is 13.1 Å². The molecule has 0 saturated carbocycles. The van der Waals surface area contributed by atoms with Gasteiger partial charge in [0, 0.05) is 6.54 Å². The van der Waals surface area contributed by atoms with Gasteiger partial charge >= 0.3 is 12.1 Å². The van der Waals surface area contributed by atoms with Crippen LogP contribution in [0.25, 0.3) is 0 Å². The molecule has 2 saturated heterocycles. The van der Waals surface area contributed by atoms with Gasteiger partial charge in [0.1, 0.15) is 6.17 Å². The highest BCUT2D eigenvalue weighted by molar-refractivity contribution is 6.02. The molecule has 4 amide bonds. The lowest BCUT2D eigenvalue weighted by Gasteiger charge is -2.37. The minimum atomic E-state index is -1.09. The number of nitrogens with one attached hydrogen (secondary N) is 1. The van der Waals surface area contributed by atoms with Crippen molar-refractivity contribution < 1.29 is 19.5 Å². The molecule has 2 rings (SSSR count). The number of rotatable bonds is 1. The molecular weight excluding hydrogens is 214 g/mol. The van der Waals surface area contributed by atoms with E-state index in [0.717, 1.165) is 22.6 Å². The molecule has 1 atom stereocenters. The van der Waals surface area contributed by atoms with E-state index in [0.29, 0.717) is 13.0 Å². The second-order valence-electron chi connectivity index (χ2n) is 3.87. The minimum absolute atomic E-state index is 0.0389. The molecule has 0 aromatic carbocycles. The van der Waals surface area contributed by atoms with E-state index in [4.69, 9.17) is 5.11 Å². The summed E-state index contributed by atoms with van der Waals surface area (Å²) in [6.45, 7) is 0.333. The zero-order chi connectivity index (χ0) is 11.7. The average molecular weight is 227 g/mol. The van der Waals surface area contributed by atoms with Gasteiger partial charge in [0.25, 0.3) is 5.91 Å². The van der Waals surface area contributed by atoms with Crippen LogP contribution in [0.3, 0.4) is 0 Å². The summed E-state index contributed by atoms with van der Waals surface area (Å²) in [6, 6.07) is -0.497. The monoisotopic (exact) mass is 227 g/mol. The molecular formula is C9H13N3O4. The number of likely N-dealkylation sites (tertiary alicyclic amines) is 1. The number of urea groups is 1. The smallest absolute Gasteiger partial charge is 0.408 e. The maximum absolute atomic E-state index is 11.5. The zero-order valence-corrected chi connectivity index (χ0v) is 8.68. The van der Waals surface area contributed by atoms with Crippen molar-refractivity contribution >= 4 is 18.0 Å². The van der Waals surface area contributed by atoms with Gasteiger partial charge in [-0.1, -0.05) is 0 Å². The number of carboxylic acid groups (broad SMARTS) is 1. The predicted octanol–water partition coefficient (Wildman–Crippen LogP) is 0.0282. The Bertz CT molecular complexity index is 328. The maximum atomic E-state index is 11.5. The number of hydrogen-bond donors (Lipinski definition) is 2. The van der Waals surface area contributed by atoms with E-state index >= 15 is 0 Å². The fourth-order valence-electron chi connectivity index (χ4n) is 2.14. The molecule has 2 heterocycles. The average Bonchev–Trinajstić information content (AvgIpc) is 2.58. The SMILES string of the molecule is O=C(O)N1CCCCC1N1C(=O)CNC1=O. The van der Waals surface area contributed by atoms with E-state index in [1.165, 1.54) is 0 Å². The van der Waals surface area contributed by atoms with Crippen LogP contribution in [0.2, 0.25) is 0 Å². The molecule has 16 heavy (non-hydrogen) atoms. The van der Waals surface area contributed by atoms with Crippen molar-refractivity contribution in [3.05, 3.63) is 0 Å². The molecule has 0 bridgehead atoms. The largest absolute Gasteiger partial charge is 0.465 e. The predicted molar refractivity (Wildman–Crippen MR) is 52.6 cm³/mol. The lowest BCUT2D eigenvalue weighted by molar-refractivity contribution is -0.129. The Balaban J connectivity index is 2.19. The topological polar surface area (TPSA) is 89.9 Å². The number of nitrogens with zero attached hydrogens (tertiary/aromatic N) is 2. The summed E-state index contributed by atoms with van der Waals surface area (Å²) in [5.41, 5.74) is 0. The van der Waals surface area contributed by atoms with Gasteiger partial charge in [-0.3, -0.25) is 9.69 Å². The van der Waals surface area contributed by atoms with E-state index in [1.807, 2.05) is 0 Å². The van der Waals surface area contributed by atoms with Crippen LogP contribution in [-0.4, -0.2) is 52.2 Å². The van der Waals surface area contributed by atoms with Gasteiger partial charge in [0.2, 0.25) is 0 Å². The Morgan fingerprint density at radius 1 is 1.38 bits per heavy atom. The van der Waals surface area contributed by atoms with Crippen LogP contribution in [0.5, 0.6) is 0 Å². The third kappa shape index (κ3) is 1.68. The summed E-state index contributed by atoms with van der Waals surface area (Å²) in [6.07, 6.45) is 0.391. The first-order valence-electron chi connectivity index (χ1n) is 5.20. The number of imide groups is 1. The van der Waals surface area contributed by atoms with Gasteiger partial charge in [-0.15, -0.1) is 0 Å². The van der Waals surface area contributed by atoms with Gasteiger partial charge < -0.3 is 10.4 Å². The summed E-state index contributed by atoms with van der Waals surface area (Å²) in [5, 5.41) is 11.4. The standard InChI is InChI=1S/C9H13N3O4/c13-7-5-10-8(14)12(7)6-3-1-2-4-11(6)9(15)16/h6H,1-5H2,(H,10,14)(H,15,16). The summed E-state index contributed by atoms with van der Waals surface area (Å²) >= 11 is 0. The minimum Gasteiger partial charge on any atom is -0.465 e. The van der Waals surface area contributed by atoms with Crippen LogP contribution in [0.1, 0.15) is 19.3 Å². The lowest BCUT2D eigenvalue weighted by Crippen LogP contribution is -2.55. The van der Waals surface area contributed by atoms with Crippen molar-refractivity contribution in [3.8, 4) is 0 Å². The molecule has 0 aromatic rings. The summed E-state index contributed by atoms with van der Waals surface area (Å²) in [5.74, 6) is -0.358. The van der Waals surface area contributed by atoms with Crippen LogP contribution in [0.15, 0.2) is 0 Å². The number of piperidine rings is 1. The highest BCUT2D eigenvalue weighted by Gasteiger charge is 2.40. The number of carbonyl (C=O) groups excluding carboxylic acids is 2. The fourth-order valence-corrected chi connectivity index (χ4v) is 2.14. The number of amides is 4. The van der Waals surface area contributed by atoms with Crippen molar-refractivity contribution in [2.24, 2.45) is 0 Å². The van der Waals surface area contributed by atoms with Crippen LogP contribution in [0.4, 0.5) is 9.59 Å². The maximum Gasteiger partial charge on any atom is 0.408 e. The van der Waals surface area contributed by atoms with Gasteiger partial charge in [-0.25, -0.2) is 14.5 Å². The molecule has 0 aliphatic carbocycles. The van der Waals surface area contributed by atoms with E-state index in [-0.39, 0.29) is 12.5 Å². The van der Waals surface area contributed by atoms with Crippen molar-refractivity contribution in [2.45, 2.75) is 25.4 Å². The van der Waals surface area contributed by atoms with Gasteiger partial charge in [0.05, 0.1) is 6.54 Å². The van der Waals surface area contributed by atoms with Gasteiger partial charge in [-0.2, -0.15) is 0 Å². The Morgan fingerprint density at radius 3 is 2.69 bits per heavy atom. The van der Waals surface area contributed by atoms with Gasteiger partial charge in [0.15, 0.2) is 0 Å². The Hall–Kier alpha value is -1.79. The number of hydrogen-bond acceptors (Lipinski definition) is 3. The molecule has 0 aromatic heterocycles. The van der Waals surface area contributed by atoms with Crippen molar-refractivity contribution in [1.29, 1.82) is 0 Å². The first-order chi connectivity index (χ1) is 7.61. The molecule has 0 radical (unpaired) electrons. The molecule has 7 nitrogen and oxygen atoms in total. The second kappa shape index (κ2) is 3.99. The Kier molecular flexibility index (Phi) is 2.67. The first-order valence-corrected chi connectivity index (χ1v) is 5.20. The van der Waals surface area contributed by atoms with Crippen LogP contribution in [0, 0.1) is 0 Å². The van der Waals surface area contributed by atoms with Crippen LogP contribution < -0.4 is 5.32 Å². The number of carbonyl (C=O) groups is 3. The zero-order valence-electron chi connectivity index (χ0n) is 8.68. The first kappa shape index (κ1) is 10.7. The van der Waals surface area contributed by atoms with Crippen LogP contribution in [-0.2, 0) is 4.79 Å². The molecule has 2 fully saturated rings.